The fourth-order valence-corrected chi connectivity index (χ4v) is 2.76. The lowest BCUT2D eigenvalue weighted by Crippen LogP contribution is -2.09. The third-order valence-corrected chi connectivity index (χ3v) is 3.95. The van der Waals surface area contributed by atoms with Crippen molar-refractivity contribution in [3.05, 3.63) is 69.8 Å². The van der Waals surface area contributed by atoms with Crippen LogP contribution in [0, 0.1) is 18.3 Å². The number of aliphatic hydroxyl groups is 1. The van der Waals surface area contributed by atoms with E-state index in [1.165, 1.54) is 0 Å². The molecule has 3 rings (SSSR count). The summed E-state index contributed by atoms with van der Waals surface area (Å²) in [5.41, 5.74) is 1.71. The van der Waals surface area contributed by atoms with E-state index in [4.69, 9.17) is 11.6 Å². The SMILES string of the molecule is Cc1cccc(Cl)c1N=C(C#N)C1=C(O)c2ccccc2C1=O. The molecule has 0 heterocycles. The molecule has 0 aliphatic heterocycles. The number of nitrogens with zero attached hydrogens (tertiary/aromatic N) is 2. The number of halogens is 1. The predicted octanol–water partition coefficient (Wildman–Crippen LogP) is 4.41. The quantitative estimate of drug-likeness (QED) is 0.832. The molecule has 4 nitrogen and oxygen atoms in total. The summed E-state index contributed by atoms with van der Waals surface area (Å²) in [5.74, 6) is -0.640. The highest BCUT2D eigenvalue weighted by Crippen LogP contribution is 2.34. The number of allylic oxidation sites excluding steroid dienone is 1. The minimum Gasteiger partial charge on any atom is -0.506 e. The molecule has 0 fully saturated rings. The smallest absolute Gasteiger partial charge is 0.200 e. The Kier molecular flexibility index (Phi) is 3.73. The zero-order valence-electron chi connectivity index (χ0n) is 12.2. The van der Waals surface area contributed by atoms with E-state index >= 15 is 0 Å². The number of aliphatic imine (C=N–C) groups is 1. The number of hydrogen-bond acceptors (Lipinski definition) is 4. The van der Waals surface area contributed by atoms with Crippen molar-refractivity contribution in [1.29, 1.82) is 5.26 Å². The fourth-order valence-electron chi connectivity index (χ4n) is 2.50. The van der Waals surface area contributed by atoms with Gasteiger partial charge in [-0.25, -0.2) is 4.99 Å². The highest BCUT2D eigenvalue weighted by molar-refractivity contribution is 6.40. The normalized spacial score (nSPS) is 14.0. The first kappa shape index (κ1) is 15.0. The van der Waals surface area contributed by atoms with Crippen LogP contribution in [0.25, 0.3) is 5.76 Å². The van der Waals surface area contributed by atoms with Crippen molar-refractivity contribution in [1.82, 2.24) is 0 Å². The van der Waals surface area contributed by atoms with E-state index in [0.717, 1.165) is 5.56 Å². The molecular formula is C18H11ClN2O2. The van der Waals surface area contributed by atoms with Crippen LogP contribution in [0.5, 0.6) is 0 Å². The van der Waals surface area contributed by atoms with Crippen LogP contribution >= 0.6 is 11.6 Å². The molecule has 1 N–H and O–H groups in total. The second kappa shape index (κ2) is 5.71. The van der Waals surface area contributed by atoms with Gasteiger partial charge in [-0.1, -0.05) is 48.0 Å². The van der Waals surface area contributed by atoms with Gasteiger partial charge in [-0.05, 0) is 18.6 Å². The maximum atomic E-state index is 12.5. The molecule has 112 valence electrons. The van der Waals surface area contributed by atoms with Crippen molar-refractivity contribution >= 4 is 34.5 Å². The molecule has 0 saturated heterocycles. The molecule has 0 unspecified atom stereocenters. The summed E-state index contributed by atoms with van der Waals surface area (Å²) < 4.78 is 0. The van der Waals surface area contributed by atoms with Gasteiger partial charge in [0, 0.05) is 11.1 Å². The molecule has 0 spiro atoms. The highest BCUT2D eigenvalue weighted by Gasteiger charge is 2.32. The van der Waals surface area contributed by atoms with E-state index in [0.29, 0.717) is 21.8 Å². The zero-order valence-corrected chi connectivity index (χ0v) is 12.9. The zero-order chi connectivity index (χ0) is 16.6. The molecule has 2 aromatic rings. The number of rotatable bonds is 2. The van der Waals surface area contributed by atoms with Gasteiger partial charge in [0.2, 0.25) is 0 Å². The molecule has 0 saturated carbocycles. The summed E-state index contributed by atoms with van der Waals surface area (Å²) in [6.07, 6.45) is 0. The van der Waals surface area contributed by atoms with Crippen LogP contribution in [-0.4, -0.2) is 16.6 Å². The van der Waals surface area contributed by atoms with Crippen molar-refractivity contribution in [2.24, 2.45) is 4.99 Å². The number of hydrogen-bond donors (Lipinski definition) is 1. The van der Waals surface area contributed by atoms with Gasteiger partial charge < -0.3 is 5.11 Å². The van der Waals surface area contributed by atoms with Gasteiger partial charge >= 0.3 is 0 Å². The number of Topliss-reactive ketones (excluding diaryl/α,β-unsaturated/α-hetero) is 1. The number of aliphatic hydroxyl groups excluding tert-OH is 1. The Morgan fingerprint density at radius 1 is 1.17 bits per heavy atom. The van der Waals surface area contributed by atoms with Gasteiger partial charge in [-0.3, -0.25) is 4.79 Å². The van der Waals surface area contributed by atoms with E-state index in [-0.39, 0.29) is 17.0 Å². The van der Waals surface area contributed by atoms with Gasteiger partial charge in [-0.2, -0.15) is 5.26 Å². The molecule has 0 atom stereocenters. The second-order valence-corrected chi connectivity index (χ2v) is 5.48. The van der Waals surface area contributed by atoms with Crippen molar-refractivity contribution in [2.75, 3.05) is 0 Å². The van der Waals surface area contributed by atoms with Gasteiger partial charge in [-0.15, -0.1) is 0 Å². The Morgan fingerprint density at radius 3 is 2.48 bits per heavy atom. The van der Waals surface area contributed by atoms with E-state index in [9.17, 15) is 15.2 Å². The van der Waals surface area contributed by atoms with Gasteiger partial charge in [0.25, 0.3) is 0 Å². The summed E-state index contributed by atoms with van der Waals surface area (Å²) in [5, 5.41) is 20.1. The molecule has 2 aromatic carbocycles. The van der Waals surface area contributed by atoms with Gasteiger partial charge in [0.05, 0.1) is 10.7 Å². The van der Waals surface area contributed by atoms with Crippen LogP contribution in [-0.2, 0) is 0 Å². The number of nitriles is 1. The Bertz CT molecular complexity index is 916. The maximum absolute atomic E-state index is 12.5. The molecule has 0 aromatic heterocycles. The first-order valence-electron chi connectivity index (χ1n) is 6.86. The first-order valence-corrected chi connectivity index (χ1v) is 7.24. The van der Waals surface area contributed by atoms with Crippen molar-refractivity contribution in [3.63, 3.8) is 0 Å². The molecule has 1 aliphatic carbocycles. The average Bonchev–Trinajstić information content (AvgIpc) is 2.80. The third-order valence-electron chi connectivity index (χ3n) is 3.65. The molecule has 1 aliphatic rings. The van der Waals surface area contributed by atoms with Crippen molar-refractivity contribution < 1.29 is 9.90 Å². The maximum Gasteiger partial charge on any atom is 0.200 e. The summed E-state index contributed by atoms with van der Waals surface area (Å²) in [6, 6.07) is 13.8. The number of carbonyl (C=O) groups excluding carboxylic acids is 1. The number of ketones is 1. The minimum absolute atomic E-state index is 0.0898. The topological polar surface area (TPSA) is 73.4 Å². The minimum atomic E-state index is -0.414. The Morgan fingerprint density at radius 2 is 1.87 bits per heavy atom. The Balaban J connectivity index is 2.18. The second-order valence-electron chi connectivity index (χ2n) is 5.08. The summed E-state index contributed by atoms with van der Waals surface area (Å²) in [7, 11) is 0. The van der Waals surface area contributed by atoms with E-state index in [1.807, 2.05) is 6.07 Å². The van der Waals surface area contributed by atoms with Crippen LogP contribution in [0.1, 0.15) is 21.5 Å². The highest BCUT2D eigenvalue weighted by atomic mass is 35.5. The monoisotopic (exact) mass is 322 g/mol. The van der Waals surface area contributed by atoms with Crippen molar-refractivity contribution in [3.8, 4) is 6.07 Å². The van der Waals surface area contributed by atoms with Crippen LogP contribution in [0.2, 0.25) is 5.02 Å². The standard InChI is InChI=1S/C18H11ClN2O2/c1-10-5-4-8-13(19)16(10)21-14(9-20)15-17(22)11-6-2-3-7-12(11)18(15)23/h2-8,22H,1H3. The van der Waals surface area contributed by atoms with Crippen LogP contribution in [0.15, 0.2) is 53.0 Å². The summed E-state index contributed by atoms with van der Waals surface area (Å²) in [4.78, 5) is 16.7. The van der Waals surface area contributed by atoms with E-state index < -0.39 is 5.78 Å². The fraction of sp³-hybridized carbons (Fsp3) is 0.0556. The van der Waals surface area contributed by atoms with E-state index in [2.05, 4.69) is 4.99 Å². The van der Waals surface area contributed by atoms with Crippen LogP contribution < -0.4 is 0 Å². The lowest BCUT2D eigenvalue weighted by molar-refractivity contribution is 0.104. The number of fused-ring (bicyclic) bond motifs is 1. The molecule has 5 heteroatoms. The number of benzene rings is 2. The van der Waals surface area contributed by atoms with Gasteiger partial charge in [0.1, 0.15) is 17.4 Å². The van der Waals surface area contributed by atoms with E-state index in [1.54, 1.807) is 49.4 Å². The molecule has 0 amide bonds. The molecule has 23 heavy (non-hydrogen) atoms. The van der Waals surface area contributed by atoms with Crippen LogP contribution in [0.3, 0.4) is 0 Å². The Labute approximate surface area is 138 Å². The lowest BCUT2D eigenvalue weighted by atomic mass is 10.1. The predicted molar refractivity (Wildman–Crippen MR) is 89.2 cm³/mol. The van der Waals surface area contributed by atoms with Crippen LogP contribution in [0.4, 0.5) is 5.69 Å². The third kappa shape index (κ3) is 2.41. The molecular weight excluding hydrogens is 312 g/mol. The van der Waals surface area contributed by atoms with Gasteiger partial charge in [0.15, 0.2) is 11.5 Å². The Hall–Kier alpha value is -2.90. The average molecular weight is 323 g/mol. The largest absolute Gasteiger partial charge is 0.506 e. The number of carbonyl (C=O) groups is 1. The lowest BCUT2D eigenvalue weighted by Gasteiger charge is -2.04. The molecule has 0 radical (unpaired) electrons. The summed E-state index contributed by atoms with van der Waals surface area (Å²) >= 11 is 6.12. The van der Waals surface area contributed by atoms with Crippen molar-refractivity contribution in [2.45, 2.75) is 6.92 Å². The summed E-state index contributed by atoms with van der Waals surface area (Å²) in [6.45, 7) is 1.80. The number of aryl methyl sites for hydroxylation is 1. The molecule has 0 bridgehead atoms. The first-order chi connectivity index (χ1) is 11.0. The number of para-hydroxylation sites is 1.